The molecule has 0 saturated carbocycles. The Hall–Kier alpha value is -1.66. The largest absolute Gasteiger partial charge is 0.398 e. The van der Waals surface area contributed by atoms with Gasteiger partial charge in [0.15, 0.2) is 5.78 Å². The highest BCUT2D eigenvalue weighted by Crippen LogP contribution is 2.21. The highest BCUT2D eigenvalue weighted by atomic mass is 35.5. The van der Waals surface area contributed by atoms with Crippen molar-refractivity contribution in [3.05, 3.63) is 33.9 Å². The van der Waals surface area contributed by atoms with Crippen LogP contribution in [0.5, 0.6) is 0 Å². The van der Waals surface area contributed by atoms with Crippen molar-refractivity contribution >= 4 is 29.6 Å². The monoisotopic (exact) mass is 287 g/mol. The van der Waals surface area contributed by atoms with E-state index in [1.807, 2.05) is 13.8 Å². The van der Waals surface area contributed by atoms with E-state index in [2.05, 4.69) is 0 Å². The number of nitro groups is 1. The molecule has 0 heterocycles. The second-order valence-electron chi connectivity index (χ2n) is 4.63. The average molecular weight is 288 g/mol. The highest BCUT2D eigenvalue weighted by molar-refractivity contribution is 6.04. The minimum atomic E-state index is -0.686. The zero-order valence-electron chi connectivity index (χ0n) is 10.8. The molecular formula is C12H18ClN3O3. The number of Topliss-reactive ketones (excluding diaryl/α,β-unsaturated/α-hetero) is 1. The van der Waals surface area contributed by atoms with Gasteiger partial charge in [-0.1, -0.05) is 13.8 Å². The van der Waals surface area contributed by atoms with Crippen molar-refractivity contribution < 1.29 is 9.72 Å². The number of hydrogen-bond donors (Lipinski definition) is 2. The van der Waals surface area contributed by atoms with Gasteiger partial charge in [0.05, 0.1) is 11.0 Å². The summed E-state index contributed by atoms with van der Waals surface area (Å²) in [6.07, 6.45) is 0.515. The van der Waals surface area contributed by atoms with E-state index in [0.717, 1.165) is 0 Å². The van der Waals surface area contributed by atoms with Crippen LogP contribution in [0.3, 0.4) is 0 Å². The van der Waals surface area contributed by atoms with Gasteiger partial charge in [-0.3, -0.25) is 14.9 Å². The maximum absolute atomic E-state index is 12.0. The third kappa shape index (κ3) is 4.50. The number of nitrogens with zero attached hydrogens (tertiary/aromatic N) is 1. The van der Waals surface area contributed by atoms with E-state index in [1.165, 1.54) is 18.2 Å². The average Bonchev–Trinajstić information content (AvgIpc) is 2.27. The fourth-order valence-electron chi connectivity index (χ4n) is 1.69. The summed E-state index contributed by atoms with van der Waals surface area (Å²) in [7, 11) is 0. The minimum Gasteiger partial charge on any atom is -0.398 e. The quantitative estimate of drug-likeness (QED) is 0.373. The molecule has 0 spiro atoms. The van der Waals surface area contributed by atoms with Crippen molar-refractivity contribution in [2.75, 3.05) is 5.73 Å². The standard InChI is InChI=1S/C12H17N3O3.ClH/c1-7(2)5-11(14)12(16)9-6-8(15(17)18)3-4-10(9)13;/h3-4,6-7,11H,5,13-14H2,1-2H3;1H/t11-;/m0./s1. The lowest BCUT2D eigenvalue weighted by atomic mass is 9.95. The van der Waals surface area contributed by atoms with Gasteiger partial charge < -0.3 is 11.5 Å². The molecule has 1 rings (SSSR count). The minimum absolute atomic E-state index is 0. The zero-order valence-corrected chi connectivity index (χ0v) is 11.6. The molecule has 0 aliphatic carbocycles. The van der Waals surface area contributed by atoms with Gasteiger partial charge in [0, 0.05) is 23.4 Å². The molecule has 0 bridgehead atoms. The molecule has 0 saturated heterocycles. The summed E-state index contributed by atoms with van der Waals surface area (Å²) in [5.74, 6) is -0.0891. The second kappa shape index (κ2) is 7.06. The van der Waals surface area contributed by atoms with E-state index < -0.39 is 11.0 Å². The number of hydrogen-bond acceptors (Lipinski definition) is 5. The number of nitrogen functional groups attached to an aromatic ring is 1. The van der Waals surface area contributed by atoms with Gasteiger partial charge in [-0.15, -0.1) is 12.4 Å². The van der Waals surface area contributed by atoms with E-state index in [0.29, 0.717) is 6.42 Å². The SMILES string of the molecule is CC(C)C[C@H](N)C(=O)c1cc([N+](=O)[O-])ccc1N.Cl. The van der Waals surface area contributed by atoms with Crippen molar-refractivity contribution in [3.8, 4) is 0 Å². The first-order valence-corrected chi connectivity index (χ1v) is 5.66. The molecule has 19 heavy (non-hydrogen) atoms. The number of benzene rings is 1. The second-order valence-corrected chi connectivity index (χ2v) is 4.63. The molecule has 0 unspecified atom stereocenters. The summed E-state index contributed by atoms with van der Waals surface area (Å²) in [5.41, 5.74) is 11.6. The van der Waals surface area contributed by atoms with Crippen molar-refractivity contribution in [1.82, 2.24) is 0 Å². The first-order valence-electron chi connectivity index (χ1n) is 5.66. The van der Waals surface area contributed by atoms with Gasteiger partial charge in [0.1, 0.15) is 0 Å². The highest BCUT2D eigenvalue weighted by Gasteiger charge is 2.21. The lowest BCUT2D eigenvalue weighted by Gasteiger charge is -2.14. The van der Waals surface area contributed by atoms with Crippen LogP contribution >= 0.6 is 12.4 Å². The molecule has 6 nitrogen and oxygen atoms in total. The Labute approximate surface area is 117 Å². The number of rotatable bonds is 5. The van der Waals surface area contributed by atoms with E-state index >= 15 is 0 Å². The number of carbonyl (C=O) groups is 1. The molecule has 0 aromatic heterocycles. The summed E-state index contributed by atoms with van der Waals surface area (Å²) >= 11 is 0. The van der Waals surface area contributed by atoms with Gasteiger partial charge in [-0.25, -0.2) is 0 Å². The van der Waals surface area contributed by atoms with Crippen molar-refractivity contribution in [1.29, 1.82) is 0 Å². The fourth-order valence-corrected chi connectivity index (χ4v) is 1.69. The molecule has 1 atom stereocenters. The topological polar surface area (TPSA) is 112 Å². The van der Waals surface area contributed by atoms with Crippen LogP contribution < -0.4 is 11.5 Å². The summed E-state index contributed by atoms with van der Waals surface area (Å²) in [6.45, 7) is 3.90. The van der Waals surface area contributed by atoms with Gasteiger partial charge in [-0.05, 0) is 18.4 Å². The molecule has 0 aliphatic rings. The molecule has 1 aromatic carbocycles. The fraction of sp³-hybridized carbons (Fsp3) is 0.417. The zero-order chi connectivity index (χ0) is 13.9. The number of non-ortho nitro benzene ring substituents is 1. The van der Waals surface area contributed by atoms with Crippen LogP contribution in [0.4, 0.5) is 11.4 Å². The molecule has 1 aromatic rings. The van der Waals surface area contributed by atoms with E-state index in [-0.39, 0.29) is 41.0 Å². The Morgan fingerprint density at radius 3 is 2.47 bits per heavy atom. The Balaban J connectivity index is 0.00000324. The van der Waals surface area contributed by atoms with Crippen molar-refractivity contribution in [2.24, 2.45) is 11.7 Å². The predicted octanol–water partition coefficient (Wildman–Crippen LogP) is 2.15. The Bertz CT molecular complexity index is 477. The van der Waals surface area contributed by atoms with Gasteiger partial charge in [0.25, 0.3) is 5.69 Å². The summed E-state index contributed by atoms with van der Waals surface area (Å²) in [4.78, 5) is 22.1. The number of nitro benzene ring substituents is 1. The molecular weight excluding hydrogens is 270 g/mol. The number of carbonyl (C=O) groups excluding carboxylic acids is 1. The summed E-state index contributed by atoms with van der Waals surface area (Å²) in [5, 5.41) is 10.7. The Morgan fingerprint density at radius 2 is 2.00 bits per heavy atom. The molecule has 4 N–H and O–H groups in total. The number of nitrogens with two attached hydrogens (primary N) is 2. The first-order chi connectivity index (χ1) is 8.32. The number of anilines is 1. The smallest absolute Gasteiger partial charge is 0.270 e. The third-order valence-corrected chi connectivity index (χ3v) is 2.58. The number of halogens is 1. The Kier molecular flexibility index (Phi) is 6.44. The third-order valence-electron chi connectivity index (χ3n) is 2.58. The maximum atomic E-state index is 12.0. The van der Waals surface area contributed by atoms with Crippen LogP contribution in [0.2, 0.25) is 0 Å². The lowest BCUT2D eigenvalue weighted by molar-refractivity contribution is -0.384. The van der Waals surface area contributed by atoms with E-state index in [1.54, 1.807) is 0 Å². The first kappa shape index (κ1) is 17.3. The van der Waals surface area contributed by atoms with Crippen molar-refractivity contribution in [2.45, 2.75) is 26.3 Å². The van der Waals surface area contributed by atoms with E-state index in [9.17, 15) is 14.9 Å². The predicted molar refractivity (Wildman–Crippen MR) is 76.5 cm³/mol. The Morgan fingerprint density at radius 1 is 1.42 bits per heavy atom. The van der Waals surface area contributed by atoms with Crippen LogP contribution in [-0.4, -0.2) is 16.7 Å². The van der Waals surface area contributed by atoms with Gasteiger partial charge >= 0.3 is 0 Å². The molecule has 0 fully saturated rings. The molecule has 106 valence electrons. The van der Waals surface area contributed by atoms with E-state index in [4.69, 9.17) is 11.5 Å². The van der Waals surface area contributed by atoms with Crippen LogP contribution in [-0.2, 0) is 0 Å². The molecule has 0 amide bonds. The maximum Gasteiger partial charge on any atom is 0.270 e. The summed E-state index contributed by atoms with van der Waals surface area (Å²) in [6, 6.07) is 3.11. The van der Waals surface area contributed by atoms with Crippen LogP contribution in [0.1, 0.15) is 30.6 Å². The normalized spacial score (nSPS) is 11.8. The van der Waals surface area contributed by atoms with Crippen molar-refractivity contribution in [3.63, 3.8) is 0 Å². The summed E-state index contributed by atoms with van der Waals surface area (Å²) < 4.78 is 0. The number of ketones is 1. The molecule has 0 aliphatic heterocycles. The van der Waals surface area contributed by atoms with Gasteiger partial charge in [-0.2, -0.15) is 0 Å². The van der Waals surface area contributed by atoms with Crippen LogP contribution in [0.15, 0.2) is 18.2 Å². The lowest BCUT2D eigenvalue weighted by Crippen LogP contribution is -2.32. The van der Waals surface area contributed by atoms with Crippen LogP contribution in [0.25, 0.3) is 0 Å². The van der Waals surface area contributed by atoms with Crippen LogP contribution in [0, 0.1) is 16.0 Å². The molecule has 7 heteroatoms. The molecule has 0 radical (unpaired) electrons. The van der Waals surface area contributed by atoms with Gasteiger partial charge in [0.2, 0.25) is 0 Å².